The van der Waals surface area contributed by atoms with Gasteiger partial charge in [-0.3, -0.25) is 9.59 Å². The topological polar surface area (TPSA) is 55.4 Å². The molecule has 4 nitrogen and oxygen atoms in total. The van der Waals surface area contributed by atoms with Gasteiger partial charge in [-0.05, 0) is 37.0 Å². The Hall–Kier alpha value is -1.88. The summed E-state index contributed by atoms with van der Waals surface area (Å²) in [4.78, 5) is 23.2. The largest absolute Gasteiger partial charge is 0.456 e. The van der Waals surface area contributed by atoms with Gasteiger partial charge < -0.3 is 10.1 Å². The average molecular weight is 312 g/mol. The third-order valence-corrected chi connectivity index (χ3v) is 3.40. The van der Waals surface area contributed by atoms with Gasteiger partial charge in [-0.1, -0.05) is 23.8 Å². The number of esters is 1. The number of nitrogens with one attached hydrogen (secondary N) is 1. The van der Waals surface area contributed by atoms with Crippen LogP contribution < -0.4 is 5.32 Å². The van der Waals surface area contributed by atoms with Gasteiger partial charge in [0.05, 0.1) is 11.4 Å². The van der Waals surface area contributed by atoms with Crippen LogP contribution in [0.1, 0.15) is 19.3 Å². The summed E-state index contributed by atoms with van der Waals surface area (Å²) < 4.78 is 17.9. The Bertz CT molecular complexity index is 574. The normalized spacial score (nSPS) is 16.8. The standard InChI is InChI=1S/C15H15ClFNO3/c16-12-8-11(5-6-13(12)17)18-14(19)9-21-15(20)7-10-3-1-2-4-10/h1,3,5-6,8,10H,2,4,7,9H2,(H,18,19)/t10-/m1/s1. The van der Waals surface area contributed by atoms with Crippen LogP contribution in [-0.4, -0.2) is 18.5 Å². The van der Waals surface area contributed by atoms with E-state index in [0.717, 1.165) is 18.9 Å². The van der Waals surface area contributed by atoms with Crippen molar-refractivity contribution in [1.29, 1.82) is 0 Å². The number of anilines is 1. The average Bonchev–Trinajstić information content (AvgIpc) is 2.93. The number of hydrogen-bond acceptors (Lipinski definition) is 3. The molecule has 1 aliphatic carbocycles. The van der Waals surface area contributed by atoms with Crippen LogP contribution in [0.2, 0.25) is 5.02 Å². The predicted molar refractivity (Wildman–Crippen MR) is 77.5 cm³/mol. The van der Waals surface area contributed by atoms with Crippen LogP contribution in [0.15, 0.2) is 30.4 Å². The van der Waals surface area contributed by atoms with Gasteiger partial charge in [0.15, 0.2) is 6.61 Å². The molecule has 1 amide bonds. The maximum atomic E-state index is 13.0. The van der Waals surface area contributed by atoms with E-state index in [9.17, 15) is 14.0 Å². The summed E-state index contributed by atoms with van der Waals surface area (Å²) in [6, 6.07) is 3.82. The van der Waals surface area contributed by atoms with Gasteiger partial charge >= 0.3 is 5.97 Å². The van der Waals surface area contributed by atoms with Gasteiger partial charge in [-0.15, -0.1) is 0 Å². The Morgan fingerprint density at radius 3 is 2.90 bits per heavy atom. The Balaban J connectivity index is 1.75. The minimum absolute atomic E-state index is 0.0854. The summed E-state index contributed by atoms with van der Waals surface area (Å²) in [6.45, 7) is -0.371. The van der Waals surface area contributed by atoms with Crippen molar-refractivity contribution in [1.82, 2.24) is 0 Å². The zero-order chi connectivity index (χ0) is 15.2. The lowest BCUT2D eigenvalue weighted by atomic mass is 10.1. The SMILES string of the molecule is O=C(COC(=O)C[C@@H]1C=CCC1)Nc1ccc(F)c(Cl)c1. The molecule has 0 saturated carbocycles. The highest BCUT2D eigenvalue weighted by Crippen LogP contribution is 2.21. The second kappa shape index (κ2) is 7.22. The molecule has 1 atom stereocenters. The molecule has 6 heteroatoms. The maximum Gasteiger partial charge on any atom is 0.306 e. The van der Waals surface area contributed by atoms with Crippen LogP contribution in [0.25, 0.3) is 0 Å². The molecule has 0 heterocycles. The Morgan fingerprint density at radius 1 is 1.43 bits per heavy atom. The number of carbonyl (C=O) groups is 2. The van der Waals surface area contributed by atoms with Crippen molar-refractivity contribution in [2.45, 2.75) is 19.3 Å². The summed E-state index contributed by atoms with van der Waals surface area (Å²) in [5.74, 6) is -1.26. The third kappa shape index (κ3) is 4.86. The van der Waals surface area contributed by atoms with Gasteiger partial charge in [0.2, 0.25) is 0 Å². The van der Waals surface area contributed by atoms with E-state index in [1.165, 1.54) is 12.1 Å². The lowest BCUT2D eigenvalue weighted by Crippen LogP contribution is -2.21. The van der Waals surface area contributed by atoms with Crippen molar-refractivity contribution < 1.29 is 18.7 Å². The molecule has 1 N–H and O–H groups in total. The van der Waals surface area contributed by atoms with Crippen molar-refractivity contribution >= 4 is 29.2 Å². The van der Waals surface area contributed by atoms with Crippen molar-refractivity contribution in [2.75, 3.05) is 11.9 Å². The highest BCUT2D eigenvalue weighted by atomic mass is 35.5. The van der Waals surface area contributed by atoms with Crippen LogP contribution in [-0.2, 0) is 14.3 Å². The van der Waals surface area contributed by atoms with Gasteiger partial charge in [-0.25, -0.2) is 4.39 Å². The quantitative estimate of drug-likeness (QED) is 0.670. The number of amides is 1. The summed E-state index contributed by atoms with van der Waals surface area (Å²) >= 11 is 5.60. The molecule has 0 saturated heterocycles. The molecule has 1 aromatic rings. The summed E-state index contributed by atoms with van der Waals surface area (Å²) in [5.41, 5.74) is 0.348. The number of halogens is 2. The highest BCUT2D eigenvalue weighted by Gasteiger charge is 2.16. The number of ether oxygens (including phenoxy) is 1. The molecular weight excluding hydrogens is 297 g/mol. The lowest BCUT2D eigenvalue weighted by molar-refractivity contribution is -0.147. The van der Waals surface area contributed by atoms with E-state index in [2.05, 4.69) is 5.32 Å². The summed E-state index contributed by atoms with van der Waals surface area (Å²) in [7, 11) is 0. The predicted octanol–water partition coefficient (Wildman–Crippen LogP) is 3.32. The smallest absolute Gasteiger partial charge is 0.306 e. The fourth-order valence-corrected chi connectivity index (χ4v) is 2.24. The van der Waals surface area contributed by atoms with Crippen LogP contribution in [0.5, 0.6) is 0 Å². The third-order valence-electron chi connectivity index (χ3n) is 3.11. The van der Waals surface area contributed by atoms with Gasteiger partial charge in [-0.2, -0.15) is 0 Å². The molecule has 21 heavy (non-hydrogen) atoms. The van der Waals surface area contributed by atoms with Crippen molar-refractivity contribution in [3.63, 3.8) is 0 Å². The molecule has 0 fully saturated rings. The summed E-state index contributed by atoms with van der Waals surface area (Å²) in [5, 5.41) is 2.39. The van der Waals surface area contributed by atoms with Crippen molar-refractivity contribution in [2.24, 2.45) is 5.92 Å². The van der Waals surface area contributed by atoms with Crippen LogP contribution in [0.4, 0.5) is 10.1 Å². The van der Waals surface area contributed by atoms with E-state index in [4.69, 9.17) is 16.3 Å². The first kappa shape index (κ1) is 15.5. The van der Waals surface area contributed by atoms with E-state index in [-0.39, 0.29) is 24.0 Å². The summed E-state index contributed by atoms with van der Waals surface area (Å²) in [6.07, 6.45) is 6.22. The van der Waals surface area contributed by atoms with E-state index in [0.29, 0.717) is 5.69 Å². The number of benzene rings is 1. The zero-order valence-corrected chi connectivity index (χ0v) is 12.0. The zero-order valence-electron chi connectivity index (χ0n) is 11.3. The number of hydrogen-bond donors (Lipinski definition) is 1. The first-order valence-corrected chi connectivity index (χ1v) is 6.99. The van der Waals surface area contributed by atoms with Crippen molar-refractivity contribution in [3.05, 3.63) is 41.2 Å². The molecule has 1 aromatic carbocycles. The van der Waals surface area contributed by atoms with Crippen LogP contribution >= 0.6 is 11.6 Å². The van der Waals surface area contributed by atoms with Gasteiger partial charge in [0.1, 0.15) is 5.82 Å². The molecule has 0 spiro atoms. The monoisotopic (exact) mass is 311 g/mol. The molecule has 1 aliphatic rings. The Labute approximate surface area is 126 Å². The molecule has 0 bridgehead atoms. The highest BCUT2D eigenvalue weighted by molar-refractivity contribution is 6.31. The Kier molecular flexibility index (Phi) is 5.33. The second-order valence-corrected chi connectivity index (χ2v) is 5.21. The number of carbonyl (C=O) groups excluding carboxylic acids is 2. The minimum atomic E-state index is -0.564. The Morgan fingerprint density at radius 2 is 2.24 bits per heavy atom. The molecule has 0 unspecified atom stereocenters. The second-order valence-electron chi connectivity index (χ2n) is 4.81. The molecule has 0 aliphatic heterocycles. The first-order chi connectivity index (χ1) is 10.0. The lowest BCUT2D eigenvalue weighted by Gasteiger charge is -2.09. The van der Waals surface area contributed by atoms with E-state index >= 15 is 0 Å². The number of allylic oxidation sites excluding steroid dienone is 2. The maximum absolute atomic E-state index is 13.0. The van der Waals surface area contributed by atoms with Crippen molar-refractivity contribution in [3.8, 4) is 0 Å². The van der Waals surface area contributed by atoms with Crippen LogP contribution in [0, 0.1) is 11.7 Å². The first-order valence-electron chi connectivity index (χ1n) is 6.62. The van der Waals surface area contributed by atoms with E-state index in [1.54, 1.807) is 0 Å². The fourth-order valence-electron chi connectivity index (χ4n) is 2.06. The fraction of sp³-hybridized carbons (Fsp3) is 0.333. The van der Waals surface area contributed by atoms with Crippen LogP contribution in [0.3, 0.4) is 0 Å². The van der Waals surface area contributed by atoms with E-state index < -0.39 is 17.7 Å². The molecule has 0 aromatic heterocycles. The van der Waals surface area contributed by atoms with Gasteiger partial charge in [0.25, 0.3) is 5.91 Å². The molecule has 2 rings (SSSR count). The number of rotatable bonds is 5. The van der Waals surface area contributed by atoms with E-state index in [1.807, 2.05) is 12.2 Å². The molecular formula is C15H15ClFNO3. The molecule has 112 valence electrons. The molecule has 0 radical (unpaired) electrons. The van der Waals surface area contributed by atoms with Gasteiger partial charge in [0, 0.05) is 5.69 Å². The minimum Gasteiger partial charge on any atom is -0.456 e.